The third kappa shape index (κ3) is 2.64. The van der Waals surface area contributed by atoms with E-state index in [0.29, 0.717) is 12.3 Å². The summed E-state index contributed by atoms with van der Waals surface area (Å²) in [5.41, 5.74) is 6.24. The molecule has 0 aromatic carbocycles. The van der Waals surface area contributed by atoms with Crippen molar-refractivity contribution < 1.29 is 8.78 Å². The molecule has 17 heavy (non-hydrogen) atoms. The molecule has 0 bridgehead atoms. The summed E-state index contributed by atoms with van der Waals surface area (Å²) >= 11 is 0. The van der Waals surface area contributed by atoms with Crippen molar-refractivity contribution >= 4 is 0 Å². The summed E-state index contributed by atoms with van der Waals surface area (Å²) in [6.45, 7) is 0. The van der Waals surface area contributed by atoms with E-state index in [1.54, 1.807) is 0 Å². The molecular weight excluding hydrogens is 220 g/mol. The van der Waals surface area contributed by atoms with E-state index in [9.17, 15) is 8.78 Å². The van der Waals surface area contributed by atoms with Gasteiger partial charge in [-0.1, -0.05) is 0 Å². The molecule has 3 fully saturated rings. The topological polar surface area (TPSA) is 26.0 Å². The molecular formula is C14H23F2N. The number of hydrogen-bond donors (Lipinski definition) is 1. The molecule has 3 aliphatic rings. The van der Waals surface area contributed by atoms with Crippen LogP contribution in [0.5, 0.6) is 0 Å². The van der Waals surface area contributed by atoms with Crippen molar-refractivity contribution in [2.24, 2.45) is 29.4 Å². The van der Waals surface area contributed by atoms with Crippen molar-refractivity contribution in [3.05, 3.63) is 0 Å². The minimum Gasteiger partial charge on any atom is -0.327 e. The van der Waals surface area contributed by atoms with E-state index < -0.39 is 5.92 Å². The van der Waals surface area contributed by atoms with E-state index in [1.165, 1.54) is 19.3 Å². The molecule has 3 saturated carbocycles. The van der Waals surface area contributed by atoms with E-state index in [-0.39, 0.29) is 24.8 Å². The first-order valence-electron chi connectivity index (χ1n) is 7.17. The molecule has 4 unspecified atom stereocenters. The summed E-state index contributed by atoms with van der Waals surface area (Å²) in [5.74, 6) is 0.276. The second-order valence-corrected chi connectivity index (χ2v) is 6.71. The van der Waals surface area contributed by atoms with Gasteiger partial charge in [-0.2, -0.15) is 0 Å². The Morgan fingerprint density at radius 2 is 1.88 bits per heavy atom. The number of hydrogen-bond acceptors (Lipinski definition) is 1. The highest BCUT2D eigenvalue weighted by atomic mass is 19.3. The Labute approximate surface area is 102 Å². The summed E-state index contributed by atoms with van der Waals surface area (Å²) < 4.78 is 26.6. The van der Waals surface area contributed by atoms with Gasteiger partial charge < -0.3 is 5.73 Å². The van der Waals surface area contributed by atoms with Gasteiger partial charge in [-0.3, -0.25) is 0 Å². The van der Waals surface area contributed by atoms with Crippen LogP contribution in [-0.2, 0) is 0 Å². The molecule has 4 atom stereocenters. The SMILES string of the molecule is NC(CC1CCCC(F)(F)C1)C1CC2CC2C1. The highest BCUT2D eigenvalue weighted by Gasteiger charge is 2.47. The van der Waals surface area contributed by atoms with Crippen LogP contribution in [0, 0.1) is 23.7 Å². The summed E-state index contributed by atoms with van der Waals surface area (Å²) in [4.78, 5) is 0. The number of nitrogens with two attached hydrogens (primary N) is 1. The zero-order valence-electron chi connectivity index (χ0n) is 10.4. The smallest absolute Gasteiger partial charge is 0.248 e. The Balaban J connectivity index is 1.49. The molecule has 0 radical (unpaired) electrons. The molecule has 2 N–H and O–H groups in total. The monoisotopic (exact) mass is 243 g/mol. The van der Waals surface area contributed by atoms with Gasteiger partial charge in [-0.05, 0) is 62.2 Å². The highest BCUT2D eigenvalue weighted by Crippen LogP contribution is 2.55. The fourth-order valence-electron chi connectivity index (χ4n) is 4.17. The Bertz CT molecular complexity index is 282. The van der Waals surface area contributed by atoms with Crippen LogP contribution in [0.3, 0.4) is 0 Å². The van der Waals surface area contributed by atoms with Gasteiger partial charge in [0.15, 0.2) is 0 Å². The predicted molar refractivity (Wildman–Crippen MR) is 63.8 cm³/mol. The van der Waals surface area contributed by atoms with Gasteiger partial charge in [0.25, 0.3) is 0 Å². The zero-order chi connectivity index (χ0) is 12.0. The van der Waals surface area contributed by atoms with Crippen LogP contribution in [0.15, 0.2) is 0 Å². The van der Waals surface area contributed by atoms with Crippen LogP contribution in [0.1, 0.15) is 51.4 Å². The Morgan fingerprint density at radius 3 is 2.53 bits per heavy atom. The van der Waals surface area contributed by atoms with Crippen molar-refractivity contribution in [1.29, 1.82) is 0 Å². The fraction of sp³-hybridized carbons (Fsp3) is 1.00. The van der Waals surface area contributed by atoms with E-state index >= 15 is 0 Å². The Hall–Kier alpha value is -0.180. The maximum Gasteiger partial charge on any atom is 0.248 e. The molecule has 3 heteroatoms. The second-order valence-electron chi connectivity index (χ2n) is 6.71. The largest absolute Gasteiger partial charge is 0.327 e. The van der Waals surface area contributed by atoms with E-state index in [0.717, 1.165) is 24.7 Å². The van der Waals surface area contributed by atoms with E-state index in [2.05, 4.69) is 0 Å². The number of fused-ring (bicyclic) bond motifs is 1. The minimum absolute atomic E-state index is 0.0836. The quantitative estimate of drug-likeness (QED) is 0.805. The van der Waals surface area contributed by atoms with Gasteiger partial charge in [0, 0.05) is 18.9 Å². The lowest BCUT2D eigenvalue weighted by Gasteiger charge is -2.32. The first-order chi connectivity index (χ1) is 8.03. The second kappa shape index (κ2) is 4.18. The average Bonchev–Trinajstić information content (AvgIpc) is 2.84. The first-order valence-corrected chi connectivity index (χ1v) is 7.17. The summed E-state index contributed by atoms with van der Waals surface area (Å²) in [6, 6.07) is 0.182. The minimum atomic E-state index is -2.42. The number of halogens is 2. The van der Waals surface area contributed by atoms with Crippen LogP contribution in [0.4, 0.5) is 8.78 Å². The molecule has 0 spiro atoms. The highest BCUT2D eigenvalue weighted by molar-refractivity contribution is 4.99. The normalized spacial score (nSPS) is 45.4. The molecule has 1 nitrogen and oxygen atoms in total. The van der Waals surface area contributed by atoms with Gasteiger partial charge >= 0.3 is 0 Å². The molecule has 3 rings (SSSR count). The van der Waals surface area contributed by atoms with Crippen molar-refractivity contribution in [3.63, 3.8) is 0 Å². The lowest BCUT2D eigenvalue weighted by atomic mass is 9.79. The fourth-order valence-corrected chi connectivity index (χ4v) is 4.17. The van der Waals surface area contributed by atoms with Gasteiger partial charge in [-0.15, -0.1) is 0 Å². The predicted octanol–water partition coefficient (Wildman–Crippen LogP) is 3.58. The van der Waals surface area contributed by atoms with Crippen LogP contribution < -0.4 is 5.73 Å². The van der Waals surface area contributed by atoms with Crippen LogP contribution in [0.2, 0.25) is 0 Å². The van der Waals surface area contributed by atoms with Crippen LogP contribution >= 0.6 is 0 Å². The lowest BCUT2D eigenvalue weighted by molar-refractivity contribution is -0.0550. The maximum absolute atomic E-state index is 13.3. The molecule has 0 aromatic heterocycles. The maximum atomic E-state index is 13.3. The van der Waals surface area contributed by atoms with Gasteiger partial charge in [0.05, 0.1) is 0 Å². The molecule has 0 amide bonds. The van der Waals surface area contributed by atoms with Crippen molar-refractivity contribution in [1.82, 2.24) is 0 Å². The van der Waals surface area contributed by atoms with Gasteiger partial charge in [-0.25, -0.2) is 8.78 Å². The summed E-state index contributed by atoms with van der Waals surface area (Å²) in [5, 5.41) is 0. The van der Waals surface area contributed by atoms with Gasteiger partial charge in [0.2, 0.25) is 5.92 Å². The summed E-state index contributed by atoms with van der Waals surface area (Å²) in [7, 11) is 0. The van der Waals surface area contributed by atoms with E-state index in [4.69, 9.17) is 5.73 Å². The Kier molecular flexibility index (Phi) is 2.92. The third-order valence-corrected chi connectivity index (χ3v) is 5.23. The van der Waals surface area contributed by atoms with Gasteiger partial charge in [0.1, 0.15) is 0 Å². The lowest BCUT2D eigenvalue weighted by Crippen LogP contribution is -2.35. The zero-order valence-corrected chi connectivity index (χ0v) is 10.4. The summed E-state index contributed by atoms with van der Waals surface area (Å²) in [6.07, 6.45) is 6.60. The Morgan fingerprint density at radius 1 is 1.18 bits per heavy atom. The third-order valence-electron chi connectivity index (χ3n) is 5.23. The number of alkyl halides is 2. The molecule has 0 aliphatic heterocycles. The van der Waals surface area contributed by atoms with Crippen molar-refractivity contribution in [2.45, 2.75) is 63.3 Å². The van der Waals surface area contributed by atoms with Crippen molar-refractivity contribution in [2.75, 3.05) is 0 Å². The molecule has 0 saturated heterocycles. The standard InChI is InChI=1S/C14H23F2N/c15-14(16)3-1-2-9(8-14)4-13(17)12-6-10-5-11(10)7-12/h9-13H,1-8,17H2. The van der Waals surface area contributed by atoms with Crippen LogP contribution in [-0.4, -0.2) is 12.0 Å². The molecule has 98 valence electrons. The molecule has 0 aromatic rings. The molecule has 0 heterocycles. The first kappa shape index (κ1) is 11.9. The molecule has 3 aliphatic carbocycles. The number of rotatable bonds is 3. The average molecular weight is 243 g/mol. The van der Waals surface area contributed by atoms with Crippen molar-refractivity contribution in [3.8, 4) is 0 Å². The van der Waals surface area contributed by atoms with E-state index in [1.807, 2.05) is 0 Å². The van der Waals surface area contributed by atoms with Crippen LogP contribution in [0.25, 0.3) is 0 Å².